The van der Waals surface area contributed by atoms with Gasteiger partial charge in [0.25, 0.3) is 5.91 Å². The zero-order valence-corrected chi connectivity index (χ0v) is 17.6. The number of carbonyl (C=O) groups is 2. The fourth-order valence-electron chi connectivity index (χ4n) is 2.89. The van der Waals surface area contributed by atoms with Crippen LogP contribution in [0.25, 0.3) is 0 Å². The molecular formula is C25H25NO5. The highest BCUT2D eigenvalue weighted by Crippen LogP contribution is 2.28. The highest BCUT2D eigenvalue weighted by Gasteiger charge is 2.10. The Morgan fingerprint density at radius 1 is 0.839 bits per heavy atom. The van der Waals surface area contributed by atoms with E-state index in [9.17, 15) is 9.59 Å². The largest absolute Gasteiger partial charge is 0.493 e. The summed E-state index contributed by atoms with van der Waals surface area (Å²) in [4.78, 5) is 23.7. The van der Waals surface area contributed by atoms with Crippen LogP contribution in [0, 0.1) is 0 Å². The zero-order valence-electron chi connectivity index (χ0n) is 17.6. The number of methoxy groups -OCH3 is 1. The first-order valence-electron chi connectivity index (χ1n) is 9.89. The van der Waals surface area contributed by atoms with Crippen molar-refractivity contribution in [2.24, 2.45) is 0 Å². The Morgan fingerprint density at radius 2 is 1.61 bits per heavy atom. The average molecular weight is 419 g/mol. The quantitative estimate of drug-likeness (QED) is 0.499. The Kier molecular flexibility index (Phi) is 7.65. The lowest BCUT2D eigenvalue weighted by atomic mass is 10.1. The third-order valence-corrected chi connectivity index (χ3v) is 4.57. The Morgan fingerprint density at radius 3 is 2.35 bits per heavy atom. The molecule has 0 bridgehead atoms. The molecule has 1 N–H and O–H groups in total. The molecule has 0 saturated heterocycles. The smallest absolute Gasteiger partial charge is 0.258 e. The van der Waals surface area contributed by atoms with Crippen LogP contribution in [0.5, 0.6) is 17.2 Å². The Balaban J connectivity index is 1.49. The van der Waals surface area contributed by atoms with Crippen molar-refractivity contribution >= 4 is 11.7 Å². The molecule has 1 amide bonds. The third kappa shape index (κ3) is 6.60. The molecule has 0 spiro atoms. The first-order valence-corrected chi connectivity index (χ1v) is 9.89. The van der Waals surface area contributed by atoms with Gasteiger partial charge in [-0.3, -0.25) is 9.59 Å². The van der Waals surface area contributed by atoms with Gasteiger partial charge in [-0.15, -0.1) is 0 Å². The van der Waals surface area contributed by atoms with E-state index in [0.29, 0.717) is 30.2 Å². The Bertz CT molecular complexity index is 1030. The molecule has 31 heavy (non-hydrogen) atoms. The standard InChI is InChI=1S/C25H25NO5/c1-18(27)21-11-12-23(24(14-21)29-2)31-17-25(28)26-15-20-9-6-10-22(13-20)30-16-19-7-4-3-5-8-19/h3-14H,15-17H2,1-2H3,(H,26,28). The first kappa shape index (κ1) is 21.9. The van der Waals surface area contributed by atoms with Gasteiger partial charge in [0, 0.05) is 12.1 Å². The maximum atomic E-state index is 12.2. The lowest BCUT2D eigenvalue weighted by molar-refractivity contribution is -0.123. The van der Waals surface area contributed by atoms with Crippen molar-refractivity contribution in [3.63, 3.8) is 0 Å². The van der Waals surface area contributed by atoms with Gasteiger partial charge in [-0.2, -0.15) is 0 Å². The minimum atomic E-state index is -0.270. The molecule has 0 aliphatic heterocycles. The highest BCUT2D eigenvalue weighted by molar-refractivity contribution is 5.94. The number of nitrogens with one attached hydrogen (secondary N) is 1. The zero-order chi connectivity index (χ0) is 22.1. The topological polar surface area (TPSA) is 73.9 Å². The second-order valence-corrected chi connectivity index (χ2v) is 6.91. The van der Waals surface area contributed by atoms with Crippen molar-refractivity contribution in [2.45, 2.75) is 20.1 Å². The summed E-state index contributed by atoms with van der Waals surface area (Å²) in [5.41, 5.74) is 2.52. The van der Waals surface area contributed by atoms with Crippen molar-refractivity contribution < 1.29 is 23.8 Å². The van der Waals surface area contributed by atoms with E-state index in [-0.39, 0.29) is 18.3 Å². The third-order valence-electron chi connectivity index (χ3n) is 4.57. The van der Waals surface area contributed by atoms with E-state index in [4.69, 9.17) is 14.2 Å². The van der Waals surface area contributed by atoms with E-state index >= 15 is 0 Å². The number of Topliss-reactive ketones (excluding diaryl/α,β-unsaturated/α-hetero) is 1. The number of hydrogen-bond donors (Lipinski definition) is 1. The molecule has 3 aromatic rings. The fraction of sp³-hybridized carbons (Fsp3) is 0.200. The first-order chi connectivity index (χ1) is 15.0. The van der Waals surface area contributed by atoms with E-state index in [1.807, 2.05) is 54.6 Å². The van der Waals surface area contributed by atoms with Crippen LogP contribution >= 0.6 is 0 Å². The number of ketones is 1. The maximum absolute atomic E-state index is 12.2. The van der Waals surface area contributed by atoms with Crippen LogP contribution in [0.1, 0.15) is 28.4 Å². The minimum Gasteiger partial charge on any atom is -0.493 e. The van der Waals surface area contributed by atoms with Gasteiger partial charge in [0.15, 0.2) is 23.9 Å². The van der Waals surface area contributed by atoms with Gasteiger partial charge >= 0.3 is 0 Å². The predicted molar refractivity (Wildman–Crippen MR) is 118 cm³/mol. The molecule has 0 fully saturated rings. The normalized spacial score (nSPS) is 10.3. The van der Waals surface area contributed by atoms with Gasteiger partial charge in [-0.25, -0.2) is 0 Å². The number of ether oxygens (including phenoxy) is 3. The average Bonchev–Trinajstić information content (AvgIpc) is 2.80. The summed E-state index contributed by atoms with van der Waals surface area (Å²) in [7, 11) is 1.49. The van der Waals surface area contributed by atoms with E-state index in [2.05, 4.69) is 5.32 Å². The van der Waals surface area contributed by atoms with Crippen molar-refractivity contribution in [2.75, 3.05) is 13.7 Å². The molecule has 0 saturated carbocycles. The SMILES string of the molecule is COc1cc(C(C)=O)ccc1OCC(=O)NCc1cccc(OCc2ccccc2)c1. The number of benzene rings is 3. The summed E-state index contributed by atoms with van der Waals surface area (Å²) in [6.45, 7) is 2.14. The molecule has 3 aromatic carbocycles. The number of hydrogen-bond acceptors (Lipinski definition) is 5. The van der Waals surface area contributed by atoms with Crippen molar-refractivity contribution in [3.05, 3.63) is 89.5 Å². The molecule has 0 atom stereocenters. The molecule has 0 aliphatic carbocycles. The molecule has 0 radical (unpaired) electrons. The molecule has 0 heterocycles. The summed E-state index contributed by atoms with van der Waals surface area (Å²) in [5, 5.41) is 2.82. The highest BCUT2D eigenvalue weighted by atomic mass is 16.5. The van der Waals surface area contributed by atoms with Crippen LogP contribution in [-0.4, -0.2) is 25.4 Å². The van der Waals surface area contributed by atoms with Crippen LogP contribution in [-0.2, 0) is 17.9 Å². The molecule has 0 aromatic heterocycles. The molecule has 6 nitrogen and oxygen atoms in total. The van der Waals surface area contributed by atoms with Gasteiger partial charge < -0.3 is 19.5 Å². The van der Waals surface area contributed by atoms with Gasteiger partial charge in [0.1, 0.15) is 12.4 Å². The number of amides is 1. The van der Waals surface area contributed by atoms with Crippen molar-refractivity contribution in [1.82, 2.24) is 5.32 Å². The summed E-state index contributed by atoms with van der Waals surface area (Å²) in [5.74, 6) is 1.20. The summed E-state index contributed by atoms with van der Waals surface area (Å²) in [6.07, 6.45) is 0. The van der Waals surface area contributed by atoms with Gasteiger partial charge in [0.05, 0.1) is 7.11 Å². The fourth-order valence-corrected chi connectivity index (χ4v) is 2.89. The minimum absolute atomic E-state index is 0.0717. The number of carbonyl (C=O) groups excluding carboxylic acids is 2. The maximum Gasteiger partial charge on any atom is 0.258 e. The monoisotopic (exact) mass is 419 g/mol. The lowest BCUT2D eigenvalue weighted by Crippen LogP contribution is -2.28. The summed E-state index contributed by atoms with van der Waals surface area (Å²) < 4.78 is 16.6. The molecular weight excluding hydrogens is 394 g/mol. The second-order valence-electron chi connectivity index (χ2n) is 6.91. The van der Waals surface area contributed by atoms with Crippen LogP contribution in [0.4, 0.5) is 0 Å². The Labute approximate surface area is 181 Å². The Hall–Kier alpha value is -3.80. The van der Waals surface area contributed by atoms with E-state index in [0.717, 1.165) is 16.9 Å². The van der Waals surface area contributed by atoms with Crippen LogP contribution < -0.4 is 19.5 Å². The van der Waals surface area contributed by atoms with Crippen LogP contribution in [0.15, 0.2) is 72.8 Å². The summed E-state index contributed by atoms with van der Waals surface area (Å²) >= 11 is 0. The summed E-state index contributed by atoms with van der Waals surface area (Å²) in [6, 6.07) is 22.4. The number of rotatable bonds is 10. The van der Waals surface area contributed by atoms with Gasteiger partial charge in [0.2, 0.25) is 0 Å². The van der Waals surface area contributed by atoms with Gasteiger partial charge in [-0.1, -0.05) is 42.5 Å². The molecule has 3 rings (SSSR count). The molecule has 6 heteroatoms. The van der Waals surface area contributed by atoms with Gasteiger partial charge in [-0.05, 0) is 48.4 Å². The van der Waals surface area contributed by atoms with Crippen LogP contribution in [0.3, 0.4) is 0 Å². The van der Waals surface area contributed by atoms with E-state index in [1.165, 1.54) is 14.0 Å². The second kappa shape index (κ2) is 10.8. The molecule has 0 unspecified atom stereocenters. The molecule has 0 aliphatic rings. The molecule has 160 valence electrons. The van der Waals surface area contributed by atoms with Crippen molar-refractivity contribution in [1.29, 1.82) is 0 Å². The van der Waals surface area contributed by atoms with E-state index < -0.39 is 0 Å². The van der Waals surface area contributed by atoms with E-state index in [1.54, 1.807) is 18.2 Å². The predicted octanol–water partition coefficient (Wildman–Crippen LogP) is 4.17. The van der Waals surface area contributed by atoms with Crippen LogP contribution in [0.2, 0.25) is 0 Å². The lowest BCUT2D eigenvalue weighted by Gasteiger charge is -2.12. The van der Waals surface area contributed by atoms with Crippen molar-refractivity contribution in [3.8, 4) is 17.2 Å².